The quantitative estimate of drug-likeness (QED) is 0.606. The topological polar surface area (TPSA) is 129 Å². The smallest absolute Gasteiger partial charge is 0.326 e. The lowest BCUT2D eigenvalue weighted by atomic mass is 10.1. The monoisotopic (exact) mass is 374 g/mol. The third-order valence-electron chi connectivity index (χ3n) is 4.68. The van der Waals surface area contributed by atoms with E-state index in [4.69, 9.17) is 5.11 Å². The van der Waals surface area contributed by atoms with Crippen molar-refractivity contribution in [2.24, 2.45) is 5.92 Å². The number of nitrogens with zero attached hydrogens (tertiary/aromatic N) is 2. The van der Waals surface area contributed by atoms with Gasteiger partial charge in [0.1, 0.15) is 11.3 Å². The highest BCUT2D eigenvalue weighted by Crippen LogP contribution is 2.24. The number of hydrogen-bond acceptors (Lipinski definition) is 6. The summed E-state index contributed by atoms with van der Waals surface area (Å²) in [5.41, 5.74) is 0. The second-order valence-electron chi connectivity index (χ2n) is 6.43. The molecule has 0 bridgehead atoms. The Labute approximate surface area is 145 Å². The fraction of sp³-hybridized carbons (Fsp3) is 0.733. The Morgan fingerprint density at radius 2 is 1.96 bits per heavy atom. The minimum Gasteiger partial charge on any atom is -0.480 e. The van der Waals surface area contributed by atoms with Crippen LogP contribution in [-0.2, 0) is 29.0 Å². The van der Waals surface area contributed by atoms with Crippen LogP contribution in [0.5, 0.6) is 0 Å². The van der Waals surface area contributed by atoms with Crippen molar-refractivity contribution in [3.05, 3.63) is 0 Å². The van der Waals surface area contributed by atoms with Gasteiger partial charge in [0.05, 0.1) is 12.2 Å². The number of amides is 3. The molecule has 0 aliphatic carbocycles. The molecule has 3 amide bonds. The summed E-state index contributed by atoms with van der Waals surface area (Å²) in [6.45, 7) is 3.35. The van der Waals surface area contributed by atoms with Gasteiger partial charge in [-0.3, -0.25) is 19.3 Å². The molecule has 2 aliphatic rings. The molecular weight excluding hydrogens is 352 g/mol. The molecule has 0 spiro atoms. The van der Waals surface area contributed by atoms with Crippen molar-refractivity contribution in [3.8, 4) is 0 Å². The molecule has 25 heavy (non-hydrogen) atoms. The van der Waals surface area contributed by atoms with E-state index in [1.54, 1.807) is 6.92 Å². The van der Waals surface area contributed by atoms with Crippen LogP contribution >= 0.6 is 0 Å². The molecule has 0 aromatic rings. The minimum atomic E-state index is -4.00. The van der Waals surface area contributed by atoms with Crippen LogP contribution in [0.3, 0.4) is 0 Å². The molecule has 140 valence electrons. The standard InChI is InChI=1S/C15H22N2O7S/c1-3-16-12(18)7-11(14(16)20)25(23,24)8-9(2)13(19)17-6-4-5-10(17)15(21)22/h9-11H,3-8H2,1-2H3,(H,21,22)/t9?,10-,11?/m0/s1. The van der Waals surface area contributed by atoms with Crippen LogP contribution < -0.4 is 0 Å². The number of carbonyl (C=O) groups excluding carboxylic acids is 3. The lowest BCUT2D eigenvalue weighted by molar-refractivity contribution is -0.149. The summed E-state index contributed by atoms with van der Waals surface area (Å²) in [7, 11) is -4.00. The summed E-state index contributed by atoms with van der Waals surface area (Å²) in [4.78, 5) is 49.5. The summed E-state index contributed by atoms with van der Waals surface area (Å²) in [5, 5.41) is 7.69. The average Bonchev–Trinajstić information content (AvgIpc) is 3.11. The van der Waals surface area contributed by atoms with E-state index in [9.17, 15) is 27.6 Å². The molecule has 2 aliphatic heterocycles. The fourth-order valence-corrected chi connectivity index (χ4v) is 5.27. The third-order valence-corrected chi connectivity index (χ3v) is 6.88. The molecule has 1 N–H and O–H groups in total. The summed E-state index contributed by atoms with van der Waals surface area (Å²) in [6, 6.07) is -0.942. The van der Waals surface area contributed by atoms with Crippen LogP contribution in [0.25, 0.3) is 0 Å². The number of carbonyl (C=O) groups is 4. The second-order valence-corrected chi connectivity index (χ2v) is 8.66. The Bertz CT molecular complexity index is 703. The first-order chi connectivity index (χ1) is 11.6. The van der Waals surface area contributed by atoms with Gasteiger partial charge in [0.15, 0.2) is 9.84 Å². The van der Waals surface area contributed by atoms with Crippen molar-refractivity contribution in [3.63, 3.8) is 0 Å². The number of imide groups is 1. The van der Waals surface area contributed by atoms with Gasteiger partial charge in [-0.2, -0.15) is 0 Å². The van der Waals surface area contributed by atoms with Gasteiger partial charge < -0.3 is 10.0 Å². The zero-order valence-corrected chi connectivity index (χ0v) is 15.0. The molecule has 0 radical (unpaired) electrons. The molecule has 0 aromatic carbocycles. The summed E-state index contributed by atoms with van der Waals surface area (Å²) >= 11 is 0. The van der Waals surface area contributed by atoms with Gasteiger partial charge >= 0.3 is 5.97 Å². The lowest BCUT2D eigenvalue weighted by Crippen LogP contribution is -2.45. The number of likely N-dealkylation sites (tertiary alicyclic amines) is 2. The largest absolute Gasteiger partial charge is 0.480 e. The van der Waals surface area contributed by atoms with E-state index in [-0.39, 0.29) is 13.1 Å². The number of rotatable bonds is 6. The van der Waals surface area contributed by atoms with Gasteiger partial charge in [0.25, 0.3) is 0 Å². The van der Waals surface area contributed by atoms with Crippen molar-refractivity contribution in [2.45, 2.75) is 44.4 Å². The minimum absolute atomic E-state index is 0.103. The highest BCUT2D eigenvalue weighted by Gasteiger charge is 2.47. The van der Waals surface area contributed by atoms with Crippen LogP contribution in [0.1, 0.15) is 33.1 Å². The number of carboxylic acids is 1. The number of aliphatic carboxylic acids is 1. The molecule has 10 heteroatoms. The van der Waals surface area contributed by atoms with Crippen molar-refractivity contribution >= 4 is 33.5 Å². The van der Waals surface area contributed by atoms with Crippen LogP contribution in [0.2, 0.25) is 0 Å². The van der Waals surface area contributed by atoms with Crippen LogP contribution in [0.4, 0.5) is 0 Å². The average molecular weight is 374 g/mol. The molecule has 2 fully saturated rings. The Morgan fingerprint density at radius 3 is 2.48 bits per heavy atom. The SMILES string of the molecule is CCN1C(=O)CC(S(=O)(=O)CC(C)C(=O)N2CCC[C@H]2C(=O)O)C1=O. The molecule has 0 aromatic heterocycles. The predicted molar refractivity (Wildman–Crippen MR) is 86.1 cm³/mol. The van der Waals surface area contributed by atoms with Crippen LogP contribution in [0.15, 0.2) is 0 Å². The number of hydrogen-bond donors (Lipinski definition) is 1. The van der Waals surface area contributed by atoms with E-state index in [2.05, 4.69) is 0 Å². The van der Waals surface area contributed by atoms with Crippen LogP contribution in [-0.4, -0.2) is 77.1 Å². The second kappa shape index (κ2) is 7.11. The van der Waals surface area contributed by atoms with Gasteiger partial charge in [-0.25, -0.2) is 13.2 Å². The van der Waals surface area contributed by atoms with Gasteiger partial charge in [0.2, 0.25) is 17.7 Å². The normalized spacial score (nSPS) is 25.5. The van der Waals surface area contributed by atoms with Gasteiger partial charge in [-0.1, -0.05) is 6.92 Å². The highest BCUT2D eigenvalue weighted by atomic mass is 32.2. The van der Waals surface area contributed by atoms with Crippen molar-refractivity contribution in [1.29, 1.82) is 0 Å². The van der Waals surface area contributed by atoms with E-state index in [1.807, 2.05) is 0 Å². The molecular formula is C15H22N2O7S. The Kier molecular flexibility index (Phi) is 5.50. The molecule has 3 atom stereocenters. The van der Waals surface area contributed by atoms with Gasteiger partial charge in [0, 0.05) is 19.0 Å². The lowest BCUT2D eigenvalue weighted by Gasteiger charge is -2.25. The van der Waals surface area contributed by atoms with Gasteiger partial charge in [-0.05, 0) is 19.8 Å². The maximum absolute atomic E-state index is 12.5. The predicted octanol–water partition coefficient (Wildman–Crippen LogP) is -0.740. The molecule has 9 nitrogen and oxygen atoms in total. The first kappa shape index (κ1) is 19.4. The molecule has 2 heterocycles. The van der Waals surface area contributed by atoms with E-state index in [0.29, 0.717) is 12.8 Å². The Hall–Kier alpha value is -1.97. The maximum atomic E-state index is 12.5. The zero-order chi connectivity index (χ0) is 18.9. The summed E-state index contributed by atoms with van der Waals surface area (Å²) < 4.78 is 25.0. The van der Waals surface area contributed by atoms with Crippen molar-refractivity contribution < 1.29 is 32.7 Å². The zero-order valence-electron chi connectivity index (χ0n) is 14.2. The molecule has 2 rings (SSSR count). The molecule has 2 unspecified atom stereocenters. The van der Waals surface area contributed by atoms with Gasteiger partial charge in [-0.15, -0.1) is 0 Å². The molecule has 2 saturated heterocycles. The molecule has 0 saturated carbocycles. The maximum Gasteiger partial charge on any atom is 0.326 e. The fourth-order valence-electron chi connectivity index (χ4n) is 3.37. The summed E-state index contributed by atoms with van der Waals surface area (Å²) in [6.07, 6.45) is 0.474. The Balaban J connectivity index is 2.10. The first-order valence-corrected chi connectivity index (χ1v) is 9.90. The Morgan fingerprint density at radius 1 is 1.32 bits per heavy atom. The third kappa shape index (κ3) is 3.68. The van der Waals surface area contributed by atoms with Crippen LogP contribution in [0, 0.1) is 5.92 Å². The number of sulfone groups is 1. The number of carboxylic acid groups (broad SMARTS) is 1. The van der Waals surface area contributed by atoms with E-state index in [0.717, 1.165) is 4.90 Å². The van der Waals surface area contributed by atoms with Crippen molar-refractivity contribution in [1.82, 2.24) is 9.80 Å². The highest BCUT2D eigenvalue weighted by molar-refractivity contribution is 7.92. The van der Waals surface area contributed by atoms with E-state index >= 15 is 0 Å². The first-order valence-electron chi connectivity index (χ1n) is 8.19. The van der Waals surface area contributed by atoms with E-state index in [1.165, 1.54) is 11.8 Å². The summed E-state index contributed by atoms with van der Waals surface area (Å²) in [5.74, 6) is -4.53. The van der Waals surface area contributed by atoms with E-state index < -0.39 is 62.9 Å². The van der Waals surface area contributed by atoms with Crippen molar-refractivity contribution in [2.75, 3.05) is 18.8 Å².